The molecule has 6 heteroatoms. The second-order valence-electron chi connectivity index (χ2n) is 6.40. The lowest BCUT2D eigenvalue weighted by Gasteiger charge is -2.32. The first-order valence-corrected chi connectivity index (χ1v) is 10.1. The van der Waals surface area contributed by atoms with Crippen LogP contribution >= 0.6 is 23.5 Å². The second kappa shape index (κ2) is 8.09. The van der Waals surface area contributed by atoms with Gasteiger partial charge in [0, 0.05) is 19.1 Å². The zero-order chi connectivity index (χ0) is 17.1. The molecule has 1 atom stereocenters. The molecule has 2 heterocycles. The highest BCUT2D eigenvalue weighted by atomic mass is 35.5. The Hall–Kier alpha value is -0.750. The quantitative estimate of drug-likeness (QED) is 0.672. The molecule has 1 aliphatic rings. The van der Waals surface area contributed by atoms with Gasteiger partial charge in [0.15, 0.2) is 5.16 Å². The van der Waals surface area contributed by atoms with Gasteiger partial charge in [0.05, 0.1) is 10.5 Å². The van der Waals surface area contributed by atoms with Crippen LogP contribution in [0.1, 0.15) is 33.6 Å². The lowest BCUT2D eigenvalue weighted by atomic mass is 10.1. The van der Waals surface area contributed by atoms with Crippen molar-refractivity contribution in [3.05, 3.63) is 23.2 Å². The third-order valence-corrected chi connectivity index (χ3v) is 6.48. The highest BCUT2D eigenvalue weighted by molar-refractivity contribution is 7.96. The van der Waals surface area contributed by atoms with Gasteiger partial charge in [-0.15, -0.1) is 0 Å². The van der Waals surface area contributed by atoms with E-state index in [-0.39, 0.29) is 0 Å². The lowest BCUT2D eigenvalue weighted by molar-refractivity contribution is 0.269. The Labute approximate surface area is 154 Å². The Morgan fingerprint density at radius 1 is 1.29 bits per heavy atom. The minimum atomic E-state index is 0.564. The van der Waals surface area contributed by atoms with Crippen LogP contribution in [-0.4, -0.2) is 51.0 Å². The molecule has 0 amide bonds. The molecule has 1 aromatic heterocycles. The maximum atomic E-state index is 6.30. The van der Waals surface area contributed by atoms with Crippen molar-refractivity contribution >= 4 is 34.6 Å². The van der Waals surface area contributed by atoms with Crippen LogP contribution < -0.4 is 0 Å². The smallest absolute Gasteiger partial charge is 0.184 e. The van der Waals surface area contributed by atoms with Gasteiger partial charge in [-0.2, -0.15) is 0 Å². The number of hydrogen-bond acceptors (Lipinski definition) is 4. The largest absolute Gasteiger partial charge is 0.317 e. The van der Waals surface area contributed by atoms with E-state index in [0.717, 1.165) is 47.4 Å². The molecule has 0 radical (unpaired) electrons. The predicted octanol–water partition coefficient (Wildman–Crippen LogP) is 4.52. The van der Waals surface area contributed by atoms with Crippen molar-refractivity contribution in [2.45, 2.75) is 51.4 Å². The van der Waals surface area contributed by atoms with Crippen molar-refractivity contribution in [3.63, 3.8) is 0 Å². The van der Waals surface area contributed by atoms with E-state index in [1.54, 1.807) is 11.9 Å². The summed E-state index contributed by atoms with van der Waals surface area (Å²) in [5.74, 6) is 0. The van der Waals surface area contributed by atoms with E-state index in [1.807, 2.05) is 12.1 Å². The lowest BCUT2D eigenvalue weighted by Crippen LogP contribution is -2.34. The minimum Gasteiger partial charge on any atom is -0.317 e. The van der Waals surface area contributed by atoms with Gasteiger partial charge in [-0.3, -0.25) is 0 Å². The maximum absolute atomic E-state index is 6.30. The molecule has 1 aromatic carbocycles. The summed E-state index contributed by atoms with van der Waals surface area (Å²) in [6.07, 6.45) is 2.48. The van der Waals surface area contributed by atoms with Gasteiger partial charge in [-0.25, -0.2) is 9.29 Å². The number of aromatic nitrogens is 2. The van der Waals surface area contributed by atoms with E-state index in [9.17, 15) is 0 Å². The molecule has 1 unspecified atom stereocenters. The third kappa shape index (κ3) is 3.74. The topological polar surface area (TPSA) is 24.3 Å². The number of halogens is 1. The monoisotopic (exact) mass is 366 g/mol. The van der Waals surface area contributed by atoms with Crippen LogP contribution in [0.2, 0.25) is 5.02 Å². The van der Waals surface area contributed by atoms with Crippen LogP contribution in [-0.2, 0) is 6.54 Å². The highest BCUT2D eigenvalue weighted by Crippen LogP contribution is 2.34. The van der Waals surface area contributed by atoms with Gasteiger partial charge in [0.1, 0.15) is 5.52 Å². The Bertz CT molecular complexity index is 683. The summed E-state index contributed by atoms with van der Waals surface area (Å²) in [6.45, 7) is 12.3. The molecular weight excluding hydrogens is 340 g/mol. The first kappa shape index (κ1) is 18.1. The number of imidazole rings is 1. The van der Waals surface area contributed by atoms with Gasteiger partial charge in [0.25, 0.3) is 0 Å². The number of fused-ring (bicyclic) bond motifs is 3. The van der Waals surface area contributed by atoms with Crippen LogP contribution in [0.3, 0.4) is 0 Å². The molecule has 0 saturated carbocycles. The van der Waals surface area contributed by atoms with Gasteiger partial charge >= 0.3 is 0 Å². The van der Waals surface area contributed by atoms with Crippen molar-refractivity contribution in [2.75, 3.05) is 26.2 Å². The van der Waals surface area contributed by atoms with Crippen molar-refractivity contribution in [2.24, 2.45) is 0 Å². The predicted molar refractivity (Wildman–Crippen MR) is 104 cm³/mol. The molecule has 0 fully saturated rings. The zero-order valence-corrected chi connectivity index (χ0v) is 16.4. The van der Waals surface area contributed by atoms with Crippen LogP contribution in [0.4, 0.5) is 0 Å². The fraction of sp³-hybridized carbons (Fsp3) is 0.611. The third-order valence-electron chi connectivity index (χ3n) is 4.92. The van der Waals surface area contributed by atoms with Gasteiger partial charge < -0.3 is 9.47 Å². The summed E-state index contributed by atoms with van der Waals surface area (Å²) in [6, 6.07) is 6.60. The van der Waals surface area contributed by atoms with Crippen LogP contribution in [0.15, 0.2) is 23.4 Å². The van der Waals surface area contributed by atoms with Gasteiger partial charge in [0.2, 0.25) is 0 Å². The number of hydrogen-bond donors (Lipinski definition) is 0. The van der Waals surface area contributed by atoms with Gasteiger partial charge in [-0.05, 0) is 63.5 Å². The first-order valence-electron chi connectivity index (χ1n) is 8.95. The minimum absolute atomic E-state index is 0.564. The van der Waals surface area contributed by atoms with E-state index in [1.165, 1.54) is 19.4 Å². The molecule has 0 aliphatic carbocycles. The van der Waals surface area contributed by atoms with Crippen LogP contribution in [0.5, 0.6) is 0 Å². The molecule has 24 heavy (non-hydrogen) atoms. The van der Waals surface area contributed by atoms with E-state index < -0.39 is 0 Å². The van der Waals surface area contributed by atoms with E-state index >= 15 is 0 Å². The molecule has 4 nitrogen and oxygen atoms in total. The standard InChI is InChI=1S/C18H27ClN4S/c1-4-21(5-2)11-7-8-14(3)23-13-12-22-16-10-6-9-15(19)17(16)20-18(22)24-23/h6,9-10,14H,4-5,7-8,11-13H2,1-3H3. The number of para-hydroxylation sites is 1. The van der Waals surface area contributed by atoms with Crippen molar-refractivity contribution < 1.29 is 0 Å². The van der Waals surface area contributed by atoms with Crippen molar-refractivity contribution in [3.8, 4) is 0 Å². The Kier molecular flexibility index (Phi) is 6.08. The van der Waals surface area contributed by atoms with Crippen LogP contribution in [0, 0.1) is 0 Å². The van der Waals surface area contributed by atoms with Gasteiger partial charge in [-0.1, -0.05) is 31.5 Å². The molecular formula is C18H27ClN4S. The Morgan fingerprint density at radius 3 is 2.83 bits per heavy atom. The summed E-state index contributed by atoms with van der Waals surface area (Å²) in [5.41, 5.74) is 2.08. The summed E-state index contributed by atoms with van der Waals surface area (Å²) in [4.78, 5) is 7.26. The van der Waals surface area contributed by atoms with Crippen molar-refractivity contribution in [1.29, 1.82) is 0 Å². The molecule has 0 bridgehead atoms. The second-order valence-corrected chi connectivity index (χ2v) is 7.83. The molecule has 2 aromatic rings. The molecule has 0 saturated heterocycles. The normalized spacial score (nSPS) is 16.7. The van der Waals surface area contributed by atoms with E-state index in [4.69, 9.17) is 16.6 Å². The zero-order valence-electron chi connectivity index (χ0n) is 14.8. The number of rotatable bonds is 7. The summed E-state index contributed by atoms with van der Waals surface area (Å²) < 4.78 is 4.78. The molecule has 1 aliphatic heterocycles. The molecule has 0 spiro atoms. The Balaban J connectivity index is 1.62. The van der Waals surface area contributed by atoms with E-state index in [2.05, 4.69) is 40.6 Å². The average molecular weight is 367 g/mol. The van der Waals surface area contributed by atoms with Crippen LogP contribution in [0.25, 0.3) is 11.0 Å². The fourth-order valence-electron chi connectivity index (χ4n) is 3.33. The average Bonchev–Trinajstić information content (AvgIpc) is 2.98. The summed E-state index contributed by atoms with van der Waals surface area (Å²) in [5, 5.41) is 1.81. The number of nitrogens with zero attached hydrogens (tertiary/aromatic N) is 4. The molecule has 132 valence electrons. The Morgan fingerprint density at radius 2 is 2.08 bits per heavy atom. The van der Waals surface area contributed by atoms with Crippen molar-refractivity contribution in [1.82, 2.24) is 18.8 Å². The number of benzene rings is 1. The maximum Gasteiger partial charge on any atom is 0.184 e. The summed E-state index contributed by atoms with van der Waals surface area (Å²) in [7, 11) is 0. The SMILES string of the molecule is CCN(CC)CCCC(C)N1CCn2c(nc3c(Cl)cccc32)S1. The molecule has 0 N–H and O–H groups in total. The summed E-state index contributed by atoms with van der Waals surface area (Å²) >= 11 is 8.08. The van der Waals surface area contributed by atoms with E-state index in [0.29, 0.717) is 6.04 Å². The highest BCUT2D eigenvalue weighted by Gasteiger charge is 2.25. The molecule has 3 rings (SSSR count). The first-order chi connectivity index (χ1) is 11.6. The fourth-order valence-corrected chi connectivity index (χ4v) is 4.63.